The summed E-state index contributed by atoms with van der Waals surface area (Å²) in [5, 5.41) is 8.12. The molecule has 0 bridgehead atoms. The van der Waals surface area contributed by atoms with Gasteiger partial charge < -0.3 is 9.64 Å². The molecule has 0 unspecified atom stereocenters. The van der Waals surface area contributed by atoms with Crippen LogP contribution in [0.2, 0.25) is 0 Å². The highest BCUT2D eigenvalue weighted by atomic mass is 16.5. The molecule has 7 nitrogen and oxygen atoms in total. The van der Waals surface area contributed by atoms with E-state index in [-0.39, 0.29) is 18.1 Å². The molecule has 2 aromatic rings. The number of pyridine rings is 1. The van der Waals surface area contributed by atoms with Gasteiger partial charge in [0, 0.05) is 31.0 Å². The molecule has 0 spiro atoms. The van der Waals surface area contributed by atoms with E-state index in [9.17, 15) is 4.79 Å². The van der Waals surface area contributed by atoms with Gasteiger partial charge in [-0.05, 0) is 25.0 Å². The predicted octanol–water partition coefficient (Wildman–Crippen LogP) is 0.968. The summed E-state index contributed by atoms with van der Waals surface area (Å²) in [6.45, 7) is 3.76. The van der Waals surface area contributed by atoms with Crippen molar-refractivity contribution in [1.29, 1.82) is 0 Å². The van der Waals surface area contributed by atoms with Gasteiger partial charge in [0.2, 0.25) is 0 Å². The summed E-state index contributed by atoms with van der Waals surface area (Å²) in [7, 11) is 0. The van der Waals surface area contributed by atoms with Crippen LogP contribution in [-0.2, 0) is 11.3 Å². The van der Waals surface area contributed by atoms with Gasteiger partial charge in [0.15, 0.2) is 0 Å². The minimum absolute atomic E-state index is 0.0468. The molecule has 1 saturated heterocycles. The first-order valence-corrected chi connectivity index (χ1v) is 7.44. The topological polar surface area (TPSA) is 73.1 Å². The largest absolute Gasteiger partial charge is 0.370 e. The van der Waals surface area contributed by atoms with Crippen molar-refractivity contribution in [3.63, 3.8) is 0 Å². The zero-order chi connectivity index (χ0) is 15.1. The second-order valence-corrected chi connectivity index (χ2v) is 5.82. The number of carbonyl (C=O) groups excluding carboxylic acids is 1. The van der Waals surface area contributed by atoms with Crippen molar-refractivity contribution in [2.24, 2.45) is 0 Å². The van der Waals surface area contributed by atoms with E-state index in [4.69, 9.17) is 4.74 Å². The average molecular weight is 299 g/mol. The number of piperidine rings is 1. The number of hydrogen-bond donors (Lipinski definition) is 0. The summed E-state index contributed by atoms with van der Waals surface area (Å²) in [4.78, 5) is 18.7. The third kappa shape index (κ3) is 2.09. The van der Waals surface area contributed by atoms with Crippen LogP contribution in [0.4, 0.5) is 0 Å². The maximum Gasteiger partial charge on any atom is 0.254 e. The van der Waals surface area contributed by atoms with Crippen LogP contribution in [0.3, 0.4) is 0 Å². The fourth-order valence-corrected chi connectivity index (χ4v) is 3.25. The van der Waals surface area contributed by atoms with Crippen LogP contribution >= 0.6 is 0 Å². The first kappa shape index (κ1) is 13.4. The molecule has 2 aromatic heterocycles. The summed E-state index contributed by atoms with van der Waals surface area (Å²) in [6.07, 6.45) is 6.03. The van der Waals surface area contributed by atoms with Gasteiger partial charge in [0.1, 0.15) is 0 Å². The minimum Gasteiger partial charge on any atom is -0.370 e. The summed E-state index contributed by atoms with van der Waals surface area (Å²) >= 11 is 0. The van der Waals surface area contributed by atoms with E-state index in [1.807, 2.05) is 16.5 Å². The van der Waals surface area contributed by atoms with Gasteiger partial charge in [-0.1, -0.05) is 5.21 Å². The molecule has 0 aromatic carbocycles. The second kappa shape index (κ2) is 5.17. The molecular formula is C15H17N5O2. The van der Waals surface area contributed by atoms with Crippen LogP contribution in [-0.4, -0.2) is 50.0 Å². The zero-order valence-electron chi connectivity index (χ0n) is 12.3. The minimum atomic E-state index is 0.0468. The van der Waals surface area contributed by atoms with Gasteiger partial charge in [0.05, 0.1) is 30.6 Å². The lowest BCUT2D eigenvalue weighted by Gasteiger charge is -2.41. The number of aromatic nitrogens is 4. The molecule has 4 rings (SSSR count). The number of ether oxygens (including phenoxy) is 1. The third-order valence-corrected chi connectivity index (χ3v) is 4.47. The normalized spacial score (nSPS) is 23.8. The van der Waals surface area contributed by atoms with Crippen molar-refractivity contribution in [1.82, 2.24) is 24.9 Å². The smallest absolute Gasteiger partial charge is 0.254 e. The molecule has 0 aliphatic carbocycles. The number of likely N-dealkylation sites (tertiary alicyclic amines) is 1. The van der Waals surface area contributed by atoms with Crippen molar-refractivity contribution >= 4 is 5.91 Å². The Morgan fingerprint density at radius 3 is 3.18 bits per heavy atom. The predicted molar refractivity (Wildman–Crippen MR) is 77.1 cm³/mol. The van der Waals surface area contributed by atoms with Crippen LogP contribution in [0.25, 0.3) is 0 Å². The molecule has 0 saturated carbocycles. The summed E-state index contributed by atoms with van der Waals surface area (Å²) in [5.41, 5.74) is 2.58. The summed E-state index contributed by atoms with van der Waals surface area (Å²) < 4.78 is 7.79. The Balaban J connectivity index is 1.59. The Bertz CT molecular complexity index is 713. The first-order valence-electron chi connectivity index (χ1n) is 7.44. The number of aryl methyl sites for hydroxylation is 1. The first-order chi connectivity index (χ1) is 10.7. The Kier molecular flexibility index (Phi) is 3.15. The van der Waals surface area contributed by atoms with E-state index in [0.29, 0.717) is 25.3 Å². The number of hydrogen-bond acceptors (Lipinski definition) is 5. The van der Waals surface area contributed by atoms with Gasteiger partial charge in [-0.15, -0.1) is 5.10 Å². The molecule has 7 heteroatoms. The highest BCUT2D eigenvalue weighted by Crippen LogP contribution is 2.30. The molecule has 114 valence electrons. The SMILES string of the molecule is Cc1cnccc1C(=O)N1CC[C@H]2OCc3cnnn3[C@H]2C1. The molecule has 4 heterocycles. The van der Waals surface area contributed by atoms with Gasteiger partial charge in [-0.3, -0.25) is 9.78 Å². The zero-order valence-corrected chi connectivity index (χ0v) is 12.3. The highest BCUT2D eigenvalue weighted by molar-refractivity contribution is 5.95. The fraction of sp³-hybridized carbons (Fsp3) is 0.467. The Labute approximate surface area is 127 Å². The molecule has 0 radical (unpaired) electrons. The average Bonchev–Trinajstić information content (AvgIpc) is 3.03. The number of nitrogens with zero attached hydrogens (tertiary/aromatic N) is 5. The quantitative estimate of drug-likeness (QED) is 0.784. The lowest BCUT2D eigenvalue weighted by molar-refractivity contribution is -0.0605. The molecular weight excluding hydrogens is 282 g/mol. The Hall–Kier alpha value is -2.28. The van der Waals surface area contributed by atoms with E-state index in [1.165, 1.54) is 0 Å². The third-order valence-electron chi connectivity index (χ3n) is 4.47. The van der Waals surface area contributed by atoms with Crippen LogP contribution in [0.1, 0.15) is 34.1 Å². The lowest BCUT2D eigenvalue weighted by Crippen LogP contribution is -2.50. The molecule has 2 aliphatic heterocycles. The van der Waals surface area contributed by atoms with E-state index in [1.54, 1.807) is 24.7 Å². The number of carbonyl (C=O) groups is 1. The number of fused-ring (bicyclic) bond motifs is 3. The van der Waals surface area contributed by atoms with E-state index < -0.39 is 0 Å². The second-order valence-electron chi connectivity index (χ2n) is 5.82. The van der Waals surface area contributed by atoms with Crippen LogP contribution in [0.15, 0.2) is 24.7 Å². The van der Waals surface area contributed by atoms with Crippen molar-refractivity contribution in [3.8, 4) is 0 Å². The standard InChI is InChI=1S/C15H17N5O2/c1-10-6-16-4-2-12(10)15(21)19-5-3-14-13(8-19)20-11(9-22-14)7-17-18-20/h2,4,6-7,13-14H,3,5,8-9H2,1H3/t13-,14+/m0/s1. The van der Waals surface area contributed by atoms with Crippen LogP contribution in [0.5, 0.6) is 0 Å². The van der Waals surface area contributed by atoms with Crippen molar-refractivity contribution < 1.29 is 9.53 Å². The van der Waals surface area contributed by atoms with Crippen molar-refractivity contribution in [2.75, 3.05) is 13.1 Å². The fourth-order valence-electron chi connectivity index (χ4n) is 3.25. The maximum absolute atomic E-state index is 12.8. The van der Waals surface area contributed by atoms with Crippen molar-refractivity contribution in [2.45, 2.75) is 32.1 Å². The monoisotopic (exact) mass is 299 g/mol. The molecule has 1 amide bonds. The molecule has 1 fully saturated rings. The Morgan fingerprint density at radius 2 is 2.32 bits per heavy atom. The van der Waals surface area contributed by atoms with Gasteiger partial charge in [0.25, 0.3) is 5.91 Å². The maximum atomic E-state index is 12.8. The van der Waals surface area contributed by atoms with Crippen molar-refractivity contribution in [3.05, 3.63) is 41.5 Å². The van der Waals surface area contributed by atoms with Gasteiger partial charge in [-0.25, -0.2) is 4.68 Å². The lowest BCUT2D eigenvalue weighted by atomic mass is 9.99. The van der Waals surface area contributed by atoms with Gasteiger partial charge >= 0.3 is 0 Å². The summed E-state index contributed by atoms with van der Waals surface area (Å²) in [5.74, 6) is 0.0468. The Morgan fingerprint density at radius 1 is 1.41 bits per heavy atom. The number of amides is 1. The van der Waals surface area contributed by atoms with Crippen LogP contribution < -0.4 is 0 Å². The number of rotatable bonds is 1. The molecule has 22 heavy (non-hydrogen) atoms. The summed E-state index contributed by atoms with van der Waals surface area (Å²) in [6, 6.07) is 1.83. The highest BCUT2D eigenvalue weighted by Gasteiger charge is 2.38. The molecule has 0 N–H and O–H groups in total. The molecule has 2 aliphatic rings. The molecule has 2 atom stereocenters. The van der Waals surface area contributed by atoms with E-state index in [2.05, 4.69) is 15.3 Å². The van der Waals surface area contributed by atoms with Crippen LogP contribution in [0, 0.1) is 6.92 Å². The van der Waals surface area contributed by atoms with E-state index in [0.717, 1.165) is 17.7 Å². The van der Waals surface area contributed by atoms with Gasteiger partial charge in [-0.2, -0.15) is 0 Å². The van der Waals surface area contributed by atoms with E-state index >= 15 is 0 Å².